The number of nitrogens with zero attached hydrogens (tertiary/aromatic N) is 1. The maximum absolute atomic E-state index is 10.9. The molecule has 0 radical (unpaired) electrons. The van der Waals surface area contributed by atoms with Gasteiger partial charge in [-0.05, 0) is 12.1 Å². The van der Waals surface area contributed by atoms with E-state index in [9.17, 15) is 4.79 Å². The maximum atomic E-state index is 10.9. The number of carbonyl (C=O) groups is 1. The largest absolute Gasteiger partial charge is 0.497 e. The Morgan fingerprint density at radius 2 is 2.27 bits per heavy atom. The van der Waals surface area contributed by atoms with Crippen molar-refractivity contribution in [1.82, 2.24) is 10.2 Å². The Hall–Kier alpha value is -1.75. The summed E-state index contributed by atoms with van der Waals surface area (Å²) in [5.74, 6) is 0.165. The fourth-order valence-corrected chi connectivity index (χ4v) is 1.31. The highest BCUT2D eigenvalue weighted by Gasteiger charge is 2.10. The second-order valence-electron chi connectivity index (χ2n) is 2.85. The third-order valence-electron chi connectivity index (χ3n) is 2.00. The molecule has 0 unspecified atom stereocenters. The molecule has 1 amide bonds. The van der Waals surface area contributed by atoms with Gasteiger partial charge in [0.25, 0.3) is 5.91 Å². The van der Waals surface area contributed by atoms with E-state index in [1.807, 2.05) is 0 Å². The van der Waals surface area contributed by atoms with Gasteiger partial charge in [0.05, 0.1) is 12.6 Å². The number of aromatic nitrogens is 2. The monoisotopic (exact) mass is 227 g/mol. The van der Waals surface area contributed by atoms with Crippen molar-refractivity contribution in [3.8, 4) is 5.75 Å². The molecule has 2 rings (SSSR count). The van der Waals surface area contributed by atoms with Crippen LogP contribution in [0.2, 0.25) is 0 Å². The Balaban J connectivity index is 0.00000112. The highest BCUT2D eigenvalue weighted by Crippen LogP contribution is 2.20. The molecule has 5 nitrogen and oxygen atoms in total. The molecule has 80 valence electrons. The van der Waals surface area contributed by atoms with Gasteiger partial charge in [0, 0.05) is 11.5 Å². The van der Waals surface area contributed by atoms with Gasteiger partial charge in [-0.1, -0.05) is 0 Å². The lowest BCUT2D eigenvalue weighted by Gasteiger charge is -1.97. The first-order chi connectivity index (χ1) is 6.72. The van der Waals surface area contributed by atoms with Gasteiger partial charge in [0.2, 0.25) is 0 Å². The Kier molecular flexibility index (Phi) is 3.16. The molecule has 15 heavy (non-hydrogen) atoms. The maximum Gasteiger partial charge on any atom is 0.269 e. The molecule has 0 atom stereocenters. The van der Waals surface area contributed by atoms with Gasteiger partial charge in [-0.2, -0.15) is 5.10 Å². The van der Waals surface area contributed by atoms with E-state index in [-0.39, 0.29) is 18.1 Å². The molecule has 0 aliphatic rings. The Bertz CT molecular complexity index is 495. The number of methoxy groups -OCH3 is 1. The summed E-state index contributed by atoms with van der Waals surface area (Å²) in [6.07, 6.45) is 0. The molecule has 0 saturated carbocycles. The number of rotatable bonds is 2. The number of amides is 1. The second-order valence-corrected chi connectivity index (χ2v) is 2.85. The van der Waals surface area contributed by atoms with E-state index in [4.69, 9.17) is 10.5 Å². The second kappa shape index (κ2) is 4.18. The van der Waals surface area contributed by atoms with Crippen LogP contribution in [-0.4, -0.2) is 23.2 Å². The minimum Gasteiger partial charge on any atom is -0.497 e. The number of aromatic amines is 1. The molecule has 2 aromatic rings. The van der Waals surface area contributed by atoms with Crippen LogP contribution in [-0.2, 0) is 0 Å². The Morgan fingerprint density at radius 3 is 2.87 bits per heavy atom. The molecule has 0 fully saturated rings. The van der Waals surface area contributed by atoms with Gasteiger partial charge < -0.3 is 10.5 Å². The number of halogens is 1. The molecule has 6 heteroatoms. The van der Waals surface area contributed by atoms with Crippen molar-refractivity contribution in [3.05, 3.63) is 23.9 Å². The van der Waals surface area contributed by atoms with Crippen LogP contribution in [0.15, 0.2) is 18.2 Å². The highest BCUT2D eigenvalue weighted by molar-refractivity contribution is 6.04. The quantitative estimate of drug-likeness (QED) is 0.806. The summed E-state index contributed by atoms with van der Waals surface area (Å²) in [6.45, 7) is 0. The number of fused-ring (bicyclic) bond motifs is 1. The SMILES string of the molecule is COc1ccc2c(C(N)=O)n[nH]c2c1.Cl. The third-order valence-corrected chi connectivity index (χ3v) is 2.00. The number of nitrogens with two attached hydrogens (primary N) is 1. The van der Waals surface area contributed by atoms with E-state index < -0.39 is 5.91 Å². The van der Waals surface area contributed by atoms with Crippen molar-refractivity contribution < 1.29 is 9.53 Å². The van der Waals surface area contributed by atoms with Gasteiger partial charge >= 0.3 is 0 Å². The van der Waals surface area contributed by atoms with Crippen LogP contribution in [0.3, 0.4) is 0 Å². The molecule has 1 heterocycles. The molecule has 0 spiro atoms. The van der Waals surface area contributed by atoms with Crippen LogP contribution in [0.25, 0.3) is 10.9 Å². The van der Waals surface area contributed by atoms with Crippen LogP contribution in [0, 0.1) is 0 Å². The van der Waals surface area contributed by atoms with E-state index in [1.165, 1.54) is 0 Å². The van der Waals surface area contributed by atoms with E-state index in [0.29, 0.717) is 11.1 Å². The van der Waals surface area contributed by atoms with Gasteiger partial charge in [-0.3, -0.25) is 9.89 Å². The lowest BCUT2D eigenvalue weighted by molar-refractivity contribution is 0.0997. The zero-order valence-corrected chi connectivity index (χ0v) is 8.80. The minimum absolute atomic E-state index is 0. The lowest BCUT2D eigenvalue weighted by Crippen LogP contribution is -2.11. The van der Waals surface area contributed by atoms with Crippen molar-refractivity contribution >= 4 is 29.2 Å². The van der Waals surface area contributed by atoms with Crippen molar-refractivity contribution in [1.29, 1.82) is 0 Å². The van der Waals surface area contributed by atoms with Crippen LogP contribution in [0.5, 0.6) is 5.75 Å². The summed E-state index contributed by atoms with van der Waals surface area (Å²) >= 11 is 0. The van der Waals surface area contributed by atoms with Crippen LogP contribution in [0.4, 0.5) is 0 Å². The van der Waals surface area contributed by atoms with Gasteiger partial charge in [0.15, 0.2) is 5.69 Å². The summed E-state index contributed by atoms with van der Waals surface area (Å²) in [5.41, 5.74) is 6.13. The summed E-state index contributed by atoms with van der Waals surface area (Å²) < 4.78 is 5.03. The standard InChI is InChI=1S/C9H9N3O2.ClH/c1-14-5-2-3-6-7(4-5)11-12-8(6)9(10)13;/h2-4H,1H3,(H2,10,13)(H,11,12);1H. The lowest BCUT2D eigenvalue weighted by atomic mass is 10.2. The first kappa shape index (κ1) is 11.3. The molecular weight excluding hydrogens is 218 g/mol. The number of carbonyl (C=O) groups excluding carboxylic acids is 1. The Labute approximate surface area is 92.0 Å². The van der Waals surface area contributed by atoms with Crippen molar-refractivity contribution in [2.75, 3.05) is 7.11 Å². The first-order valence-corrected chi connectivity index (χ1v) is 4.04. The molecular formula is C9H10ClN3O2. The average molecular weight is 228 g/mol. The van der Waals surface area contributed by atoms with E-state index >= 15 is 0 Å². The van der Waals surface area contributed by atoms with E-state index in [0.717, 1.165) is 5.52 Å². The minimum atomic E-state index is -0.540. The smallest absolute Gasteiger partial charge is 0.269 e. The molecule has 0 saturated heterocycles. The van der Waals surface area contributed by atoms with Crippen molar-refractivity contribution in [2.45, 2.75) is 0 Å². The highest BCUT2D eigenvalue weighted by atomic mass is 35.5. The molecule has 3 N–H and O–H groups in total. The van der Waals surface area contributed by atoms with Crippen LogP contribution < -0.4 is 10.5 Å². The summed E-state index contributed by atoms with van der Waals surface area (Å²) in [5, 5.41) is 7.24. The van der Waals surface area contributed by atoms with Gasteiger partial charge in [-0.15, -0.1) is 12.4 Å². The third kappa shape index (κ3) is 1.87. The zero-order valence-electron chi connectivity index (χ0n) is 7.98. The summed E-state index contributed by atoms with van der Waals surface area (Å²) in [7, 11) is 1.58. The van der Waals surface area contributed by atoms with Crippen molar-refractivity contribution in [2.24, 2.45) is 5.73 Å². The predicted octanol–water partition coefficient (Wildman–Crippen LogP) is 1.09. The van der Waals surface area contributed by atoms with E-state index in [2.05, 4.69) is 10.2 Å². The summed E-state index contributed by atoms with van der Waals surface area (Å²) in [6, 6.07) is 5.26. The normalized spacial score (nSPS) is 9.67. The van der Waals surface area contributed by atoms with Crippen LogP contribution in [0.1, 0.15) is 10.5 Å². The molecule has 0 aliphatic heterocycles. The number of hydrogen-bond acceptors (Lipinski definition) is 3. The summed E-state index contributed by atoms with van der Waals surface area (Å²) in [4.78, 5) is 10.9. The Morgan fingerprint density at radius 1 is 1.53 bits per heavy atom. The number of ether oxygens (including phenoxy) is 1. The number of hydrogen-bond donors (Lipinski definition) is 2. The molecule has 1 aromatic heterocycles. The number of benzene rings is 1. The predicted molar refractivity (Wildman–Crippen MR) is 58.4 cm³/mol. The van der Waals surface area contributed by atoms with E-state index in [1.54, 1.807) is 25.3 Å². The number of primary amides is 1. The zero-order chi connectivity index (χ0) is 10.1. The molecule has 0 aliphatic carbocycles. The van der Waals surface area contributed by atoms with Gasteiger partial charge in [0.1, 0.15) is 5.75 Å². The fourth-order valence-electron chi connectivity index (χ4n) is 1.31. The van der Waals surface area contributed by atoms with Crippen LogP contribution >= 0.6 is 12.4 Å². The molecule has 1 aromatic carbocycles. The topological polar surface area (TPSA) is 81.0 Å². The average Bonchev–Trinajstić information content (AvgIpc) is 2.59. The van der Waals surface area contributed by atoms with Crippen molar-refractivity contribution in [3.63, 3.8) is 0 Å². The number of H-pyrrole nitrogens is 1. The fraction of sp³-hybridized carbons (Fsp3) is 0.111. The molecule has 0 bridgehead atoms. The first-order valence-electron chi connectivity index (χ1n) is 4.04. The number of nitrogens with one attached hydrogen (secondary N) is 1. The van der Waals surface area contributed by atoms with Gasteiger partial charge in [-0.25, -0.2) is 0 Å².